The van der Waals surface area contributed by atoms with E-state index >= 15 is 0 Å². The maximum absolute atomic E-state index is 11.2. The molecule has 0 radical (unpaired) electrons. The van der Waals surface area contributed by atoms with Crippen molar-refractivity contribution in [3.05, 3.63) is 0 Å². The summed E-state index contributed by atoms with van der Waals surface area (Å²) in [6.45, 7) is 7.22. The van der Waals surface area contributed by atoms with E-state index in [1.165, 1.54) is 6.92 Å². The van der Waals surface area contributed by atoms with Crippen LogP contribution in [0.2, 0.25) is 0 Å². The number of guanidine groups is 1. The molecule has 17 heavy (non-hydrogen) atoms. The minimum absolute atomic E-state index is 0.0310. The number of aliphatic imine (C=N–C) groups is 1. The minimum Gasteiger partial charge on any atom is -0.444 e. The molecule has 7 heteroatoms. The quantitative estimate of drug-likeness (QED) is 0.368. The molecule has 0 atom stereocenters. The third-order valence-corrected chi connectivity index (χ3v) is 1.37. The molecule has 0 heterocycles. The standard InChI is InChI=1S/C10H20N4O3/c1-7(15)14-8(11)12-5-6-13-9(16)17-10(2,3)4/h5-6H2,1-4H3,(H,13,16)(H3,11,12,14,15). The highest BCUT2D eigenvalue weighted by Crippen LogP contribution is 2.05. The molecule has 0 aliphatic rings. The molecule has 0 unspecified atom stereocenters. The fraction of sp³-hybridized carbons (Fsp3) is 0.700. The Morgan fingerprint density at radius 2 is 1.94 bits per heavy atom. The second-order valence-electron chi connectivity index (χ2n) is 4.38. The van der Waals surface area contributed by atoms with Gasteiger partial charge in [0.25, 0.3) is 0 Å². The van der Waals surface area contributed by atoms with E-state index in [0.717, 1.165) is 0 Å². The Kier molecular flexibility index (Phi) is 6.01. The van der Waals surface area contributed by atoms with Crippen LogP contribution in [0.3, 0.4) is 0 Å². The number of hydrogen-bond acceptors (Lipinski definition) is 4. The first-order valence-electron chi connectivity index (χ1n) is 5.25. The molecule has 0 rings (SSSR count). The molecular weight excluding hydrogens is 224 g/mol. The molecule has 0 saturated carbocycles. The molecular formula is C10H20N4O3. The average Bonchev–Trinajstić information content (AvgIpc) is 2.08. The monoisotopic (exact) mass is 244 g/mol. The van der Waals surface area contributed by atoms with Crippen molar-refractivity contribution in [3.8, 4) is 0 Å². The number of amides is 2. The zero-order valence-corrected chi connectivity index (χ0v) is 10.7. The number of nitrogens with two attached hydrogens (primary N) is 1. The van der Waals surface area contributed by atoms with Crippen molar-refractivity contribution in [1.29, 1.82) is 0 Å². The van der Waals surface area contributed by atoms with Crippen LogP contribution in [0.4, 0.5) is 4.79 Å². The number of rotatable bonds is 3. The second kappa shape index (κ2) is 6.72. The summed E-state index contributed by atoms with van der Waals surface area (Å²) in [6, 6.07) is 0. The third-order valence-electron chi connectivity index (χ3n) is 1.37. The molecule has 0 bridgehead atoms. The Morgan fingerprint density at radius 3 is 2.41 bits per heavy atom. The highest BCUT2D eigenvalue weighted by Gasteiger charge is 2.15. The maximum atomic E-state index is 11.2. The number of nitrogens with one attached hydrogen (secondary N) is 2. The predicted molar refractivity (Wildman–Crippen MR) is 64.5 cm³/mol. The lowest BCUT2D eigenvalue weighted by atomic mass is 10.2. The van der Waals surface area contributed by atoms with Crippen molar-refractivity contribution in [2.45, 2.75) is 33.3 Å². The van der Waals surface area contributed by atoms with Gasteiger partial charge < -0.3 is 15.8 Å². The van der Waals surface area contributed by atoms with Crippen molar-refractivity contribution in [1.82, 2.24) is 10.6 Å². The summed E-state index contributed by atoms with van der Waals surface area (Å²) in [7, 11) is 0. The highest BCUT2D eigenvalue weighted by atomic mass is 16.6. The van der Waals surface area contributed by atoms with Gasteiger partial charge in [-0.15, -0.1) is 0 Å². The van der Waals surface area contributed by atoms with Gasteiger partial charge in [0.1, 0.15) is 5.60 Å². The van der Waals surface area contributed by atoms with Crippen LogP contribution in [0.5, 0.6) is 0 Å². The molecule has 0 aromatic heterocycles. The minimum atomic E-state index is -0.525. The zero-order valence-electron chi connectivity index (χ0n) is 10.7. The van der Waals surface area contributed by atoms with Crippen LogP contribution in [-0.4, -0.2) is 36.7 Å². The van der Waals surface area contributed by atoms with E-state index in [2.05, 4.69) is 15.6 Å². The number of carbonyl (C=O) groups excluding carboxylic acids is 2. The van der Waals surface area contributed by atoms with Crippen LogP contribution in [-0.2, 0) is 9.53 Å². The lowest BCUT2D eigenvalue weighted by Gasteiger charge is -2.19. The first-order chi connectivity index (χ1) is 7.70. The molecule has 7 nitrogen and oxygen atoms in total. The molecule has 0 aliphatic carbocycles. The Labute approximate surface area is 101 Å². The molecule has 0 aromatic rings. The maximum Gasteiger partial charge on any atom is 0.407 e. The van der Waals surface area contributed by atoms with Crippen molar-refractivity contribution < 1.29 is 14.3 Å². The van der Waals surface area contributed by atoms with Gasteiger partial charge in [0.15, 0.2) is 5.96 Å². The Morgan fingerprint density at radius 1 is 1.35 bits per heavy atom. The van der Waals surface area contributed by atoms with Crippen LogP contribution in [0.1, 0.15) is 27.7 Å². The van der Waals surface area contributed by atoms with Gasteiger partial charge in [0.05, 0.1) is 6.54 Å². The van der Waals surface area contributed by atoms with E-state index in [1.807, 2.05) is 0 Å². The fourth-order valence-corrected chi connectivity index (χ4v) is 0.868. The first kappa shape index (κ1) is 15.2. The van der Waals surface area contributed by atoms with Crippen LogP contribution in [0, 0.1) is 0 Å². The molecule has 2 amide bonds. The Bertz CT molecular complexity index is 307. The first-order valence-corrected chi connectivity index (χ1v) is 5.25. The Hall–Kier alpha value is -1.79. The molecule has 0 fully saturated rings. The van der Waals surface area contributed by atoms with E-state index < -0.39 is 11.7 Å². The molecule has 0 spiro atoms. The number of ether oxygens (including phenoxy) is 1. The molecule has 4 N–H and O–H groups in total. The van der Waals surface area contributed by atoms with Gasteiger partial charge in [-0.25, -0.2) is 4.79 Å². The normalized spacial score (nSPS) is 11.9. The van der Waals surface area contributed by atoms with Crippen LogP contribution in [0.15, 0.2) is 4.99 Å². The molecule has 98 valence electrons. The average molecular weight is 244 g/mol. The van der Waals surface area contributed by atoms with Crippen LogP contribution >= 0.6 is 0 Å². The zero-order chi connectivity index (χ0) is 13.5. The summed E-state index contributed by atoms with van der Waals surface area (Å²) < 4.78 is 5.01. The summed E-state index contributed by atoms with van der Waals surface area (Å²) in [6.07, 6.45) is -0.509. The van der Waals surface area contributed by atoms with Crippen molar-refractivity contribution in [3.63, 3.8) is 0 Å². The topological polar surface area (TPSA) is 106 Å². The summed E-state index contributed by atoms with van der Waals surface area (Å²) in [4.78, 5) is 25.6. The Balaban J connectivity index is 3.78. The van der Waals surface area contributed by atoms with E-state index in [-0.39, 0.29) is 25.0 Å². The van der Waals surface area contributed by atoms with E-state index in [4.69, 9.17) is 10.5 Å². The number of hydrogen-bond donors (Lipinski definition) is 3. The van der Waals surface area contributed by atoms with Gasteiger partial charge in [-0.2, -0.15) is 0 Å². The summed E-state index contributed by atoms with van der Waals surface area (Å²) in [5.74, 6) is -0.255. The highest BCUT2D eigenvalue weighted by molar-refractivity contribution is 5.94. The number of carbonyl (C=O) groups is 2. The predicted octanol–water partition coefficient (Wildman–Crippen LogP) is -0.0381. The third kappa shape index (κ3) is 10.5. The molecule has 0 saturated heterocycles. The summed E-state index contributed by atoms with van der Waals surface area (Å²) in [5.41, 5.74) is 4.84. The fourth-order valence-electron chi connectivity index (χ4n) is 0.868. The van der Waals surface area contributed by atoms with E-state index in [9.17, 15) is 9.59 Å². The van der Waals surface area contributed by atoms with Crippen molar-refractivity contribution in [2.24, 2.45) is 10.7 Å². The van der Waals surface area contributed by atoms with Gasteiger partial charge in [-0.1, -0.05) is 0 Å². The van der Waals surface area contributed by atoms with Crippen LogP contribution < -0.4 is 16.4 Å². The SMILES string of the molecule is CC(=O)NC(N)=NCCNC(=O)OC(C)(C)C. The van der Waals surface area contributed by atoms with Crippen molar-refractivity contribution >= 4 is 18.0 Å². The van der Waals surface area contributed by atoms with Gasteiger partial charge in [-0.3, -0.25) is 15.1 Å². The van der Waals surface area contributed by atoms with Crippen LogP contribution in [0.25, 0.3) is 0 Å². The molecule has 0 aromatic carbocycles. The number of alkyl carbamates (subject to hydrolysis) is 1. The second-order valence-corrected chi connectivity index (χ2v) is 4.38. The van der Waals surface area contributed by atoms with Gasteiger partial charge >= 0.3 is 6.09 Å². The number of nitrogens with zero attached hydrogens (tertiary/aromatic N) is 1. The van der Waals surface area contributed by atoms with E-state index in [1.54, 1.807) is 20.8 Å². The summed E-state index contributed by atoms with van der Waals surface area (Å²) in [5, 5.41) is 4.83. The summed E-state index contributed by atoms with van der Waals surface area (Å²) >= 11 is 0. The lowest BCUT2D eigenvalue weighted by Crippen LogP contribution is -2.37. The van der Waals surface area contributed by atoms with Crippen molar-refractivity contribution in [2.75, 3.05) is 13.1 Å². The lowest BCUT2D eigenvalue weighted by molar-refractivity contribution is -0.117. The van der Waals surface area contributed by atoms with Gasteiger partial charge in [0.2, 0.25) is 5.91 Å². The molecule has 0 aliphatic heterocycles. The largest absolute Gasteiger partial charge is 0.444 e. The van der Waals surface area contributed by atoms with Gasteiger partial charge in [0, 0.05) is 13.5 Å². The smallest absolute Gasteiger partial charge is 0.407 e. The van der Waals surface area contributed by atoms with Gasteiger partial charge in [-0.05, 0) is 20.8 Å². The van der Waals surface area contributed by atoms with E-state index in [0.29, 0.717) is 0 Å².